The zero-order chi connectivity index (χ0) is 20.1. The van der Waals surface area contributed by atoms with E-state index in [2.05, 4.69) is 25.2 Å². The second kappa shape index (κ2) is 8.80. The molecular weight excluding hydrogens is 398 g/mol. The first-order valence-corrected chi connectivity index (χ1v) is 11.3. The van der Waals surface area contributed by atoms with E-state index in [9.17, 15) is 8.42 Å². The van der Waals surface area contributed by atoms with Gasteiger partial charge in [0.1, 0.15) is 10.6 Å². The lowest BCUT2D eigenvalue weighted by Gasteiger charge is -2.18. The molecule has 0 spiro atoms. The predicted molar refractivity (Wildman–Crippen MR) is 109 cm³/mol. The third-order valence-electron chi connectivity index (χ3n) is 4.16. The van der Waals surface area contributed by atoms with Crippen LogP contribution in [-0.4, -0.2) is 36.1 Å². The maximum Gasteiger partial charge on any atom is 0.246 e. The molecule has 28 heavy (non-hydrogen) atoms. The molecule has 0 aliphatic rings. The molecule has 0 bridgehead atoms. The van der Waals surface area contributed by atoms with Crippen molar-refractivity contribution in [1.29, 1.82) is 0 Å². The van der Waals surface area contributed by atoms with Crippen LogP contribution in [0.2, 0.25) is 0 Å². The van der Waals surface area contributed by atoms with Crippen molar-refractivity contribution in [3.05, 3.63) is 41.4 Å². The van der Waals surface area contributed by atoms with Crippen LogP contribution in [0.5, 0.6) is 0 Å². The number of nitrogens with one attached hydrogen (secondary N) is 2. The lowest BCUT2D eigenvalue weighted by Crippen LogP contribution is -2.39. The standard InChI is InChI=1S/C18H23N5O3S2/c1-4-6-15(23-28(24,25)17-12(2)22-26-13(17)3)10-20-18-21-16(11-27-18)14-7-5-8-19-9-14/h5,7-9,11,15,23H,4,6,10H2,1-3H3,(H,20,21). The number of hydrogen-bond acceptors (Lipinski definition) is 8. The first kappa shape index (κ1) is 20.4. The number of nitrogens with zero attached hydrogens (tertiary/aromatic N) is 3. The average Bonchev–Trinajstić information content (AvgIpc) is 3.27. The lowest BCUT2D eigenvalue weighted by atomic mass is 10.2. The minimum absolute atomic E-state index is 0.113. The van der Waals surface area contributed by atoms with Gasteiger partial charge in [-0.3, -0.25) is 4.98 Å². The molecule has 0 saturated heterocycles. The second-order valence-electron chi connectivity index (χ2n) is 6.42. The van der Waals surface area contributed by atoms with Crippen LogP contribution in [0.3, 0.4) is 0 Å². The molecule has 3 rings (SSSR count). The molecule has 0 saturated carbocycles. The van der Waals surface area contributed by atoms with E-state index in [1.165, 1.54) is 11.3 Å². The molecule has 0 aliphatic carbocycles. The number of aryl methyl sites for hydroxylation is 2. The van der Waals surface area contributed by atoms with Crippen molar-refractivity contribution in [3.8, 4) is 11.3 Å². The average molecular weight is 422 g/mol. The fraction of sp³-hybridized carbons (Fsp3) is 0.389. The number of hydrogen-bond donors (Lipinski definition) is 2. The Morgan fingerprint density at radius 3 is 2.79 bits per heavy atom. The summed E-state index contributed by atoms with van der Waals surface area (Å²) in [6.07, 6.45) is 5.01. The molecule has 150 valence electrons. The fourth-order valence-electron chi connectivity index (χ4n) is 2.90. The van der Waals surface area contributed by atoms with Gasteiger partial charge in [0.2, 0.25) is 10.0 Å². The van der Waals surface area contributed by atoms with Gasteiger partial charge in [0, 0.05) is 35.9 Å². The van der Waals surface area contributed by atoms with Crippen molar-refractivity contribution in [2.75, 3.05) is 11.9 Å². The first-order chi connectivity index (χ1) is 13.4. The molecule has 10 heteroatoms. The zero-order valence-electron chi connectivity index (χ0n) is 16.0. The summed E-state index contributed by atoms with van der Waals surface area (Å²) in [4.78, 5) is 8.77. The molecule has 0 amide bonds. The summed E-state index contributed by atoms with van der Waals surface area (Å²) >= 11 is 1.47. The maximum absolute atomic E-state index is 12.8. The van der Waals surface area contributed by atoms with Crippen molar-refractivity contribution in [2.24, 2.45) is 0 Å². The minimum Gasteiger partial charge on any atom is -0.360 e. The Kier molecular flexibility index (Phi) is 6.42. The highest BCUT2D eigenvalue weighted by Crippen LogP contribution is 2.24. The molecule has 2 N–H and O–H groups in total. The van der Waals surface area contributed by atoms with Crippen LogP contribution in [0.1, 0.15) is 31.2 Å². The highest BCUT2D eigenvalue weighted by Gasteiger charge is 2.27. The predicted octanol–water partition coefficient (Wildman–Crippen LogP) is 3.37. The third kappa shape index (κ3) is 4.75. The van der Waals surface area contributed by atoms with Gasteiger partial charge in [-0.15, -0.1) is 11.3 Å². The van der Waals surface area contributed by atoms with Gasteiger partial charge in [0.15, 0.2) is 10.9 Å². The molecule has 1 atom stereocenters. The van der Waals surface area contributed by atoms with E-state index in [-0.39, 0.29) is 16.7 Å². The normalized spacial score (nSPS) is 12.8. The zero-order valence-corrected chi connectivity index (χ0v) is 17.6. The van der Waals surface area contributed by atoms with Crippen molar-refractivity contribution >= 4 is 26.5 Å². The second-order valence-corrected chi connectivity index (χ2v) is 8.93. The van der Waals surface area contributed by atoms with E-state index in [4.69, 9.17) is 4.52 Å². The van der Waals surface area contributed by atoms with Gasteiger partial charge in [-0.05, 0) is 32.4 Å². The SMILES string of the molecule is CCCC(CNc1nc(-c2cccnc2)cs1)NS(=O)(=O)c1c(C)noc1C. The third-order valence-corrected chi connectivity index (χ3v) is 6.72. The van der Waals surface area contributed by atoms with Crippen LogP contribution in [0.25, 0.3) is 11.3 Å². The number of pyridine rings is 1. The van der Waals surface area contributed by atoms with Crippen LogP contribution in [0.4, 0.5) is 5.13 Å². The molecule has 3 aromatic heterocycles. The summed E-state index contributed by atoms with van der Waals surface area (Å²) < 4.78 is 33.3. The number of aromatic nitrogens is 3. The minimum atomic E-state index is -3.71. The van der Waals surface area contributed by atoms with Crippen LogP contribution in [-0.2, 0) is 10.0 Å². The van der Waals surface area contributed by atoms with Gasteiger partial charge in [-0.1, -0.05) is 18.5 Å². The van der Waals surface area contributed by atoms with Gasteiger partial charge in [-0.25, -0.2) is 18.1 Å². The molecule has 3 aromatic rings. The van der Waals surface area contributed by atoms with Gasteiger partial charge in [0.05, 0.1) is 5.69 Å². The summed E-state index contributed by atoms with van der Waals surface area (Å²) in [5.41, 5.74) is 2.13. The summed E-state index contributed by atoms with van der Waals surface area (Å²) in [7, 11) is -3.71. The van der Waals surface area contributed by atoms with Gasteiger partial charge in [-0.2, -0.15) is 0 Å². The van der Waals surface area contributed by atoms with E-state index in [1.54, 1.807) is 26.2 Å². The van der Waals surface area contributed by atoms with Crippen molar-refractivity contribution in [3.63, 3.8) is 0 Å². The monoisotopic (exact) mass is 421 g/mol. The van der Waals surface area contributed by atoms with Crippen molar-refractivity contribution in [1.82, 2.24) is 19.8 Å². The highest BCUT2D eigenvalue weighted by molar-refractivity contribution is 7.89. The van der Waals surface area contributed by atoms with Crippen LogP contribution >= 0.6 is 11.3 Å². The molecule has 8 nitrogen and oxygen atoms in total. The van der Waals surface area contributed by atoms with Crippen LogP contribution in [0, 0.1) is 13.8 Å². The summed E-state index contributed by atoms with van der Waals surface area (Å²) in [5.74, 6) is 0.286. The summed E-state index contributed by atoms with van der Waals surface area (Å²) in [5, 5.41) is 9.65. The Morgan fingerprint density at radius 2 is 2.14 bits per heavy atom. The first-order valence-electron chi connectivity index (χ1n) is 8.95. The number of sulfonamides is 1. The Morgan fingerprint density at radius 1 is 1.32 bits per heavy atom. The van der Waals surface area contributed by atoms with Crippen molar-refractivity contribution < 1.29 is 12.9 Å². The Hall–Kier alpha value is -2.30. The molecular formula is C18H23N5O3S2. The van der Waals surface area contributed by atoms with Crippen LogP contribution < -0.4 is 10.0 Å². The molecule has 0 aromatic carbocycles. The molecule has 1 unspecified atom stereocenters. The largest absolute Gasteiger partial charge is 0.360 e. The summed E-state index contributed by atoms with van der Waals surface area (Å²) in [6, 6.07) is 3.53. The number of anilines is 1. The van der Waals surface area contributed by atoms with E-state index in [0.29, 0.717) is 18.7 Å². The smallest absolute Gasteiger partial charge is 0.246 e. The Bertz CT molecular complexity index is 996. The topological polar surface area (TPSA) is 110 Å². The Labute approximate surface area is 168 Å². The molecule has 3 heterocycles. The van der Waals surface area contributed by atoms with E-state index >= 15 is 0 Å². The van der Waals surface area contributed by atoms with E-state index in [1.807, 2.05) is 24.4 Å². The Balaban J connectivity index is 1.68. The molecule has 0 aliphatic heterocycles. The van der Waals surface area contributed by atoms with Gasteiger partial charge >= 0.3 is 0 Å². The lowest BCUT2D eigenvalue weighted by molar-refractivity contribution is 0.390. The van der Waals surface area contributed by atoms with Gasteiger partial charge < -0.3 is 9.84 Å². The van der Waals surface area contributed by atoms with Crippen molar-refractivity contribution in [2.45, 2.75) is 44.6 Å². The van der Waals surface area contributed by atoms with E-state index < -0.39 is 10.0 Å². The van der Waals surface area contributed by atoms with Crippen LogP contribution in [0.15, 0.2) is 39.3 Å². The molecule has 0 radical (unpaired) electrons. The summed E-state index contributed by atoms with van der Waals surface area (Å²) in [6.45, 7) is 5.66. The highest BCUT2D eigenvalue weighted by atomic mass is 32.2. The quantitative estimate of drug-likeness (QED) is 0.545. The number of rotatable bonds is 9. The number of thiazole rings is 1. The fourth-order valence-corrected chi connectivity index (χ4v) is 5.23. The molecule has 0 fully saturated rings. The van der Waals surface area contributed by atoms with E-state index in [0.717, 1.165) is 22.8 Å². The van der Waals surface area contributed by atoms with Gasteiger partial charge in [0.25, 0.3) is 0 Å². The maximum atomic E-state index is 12.8.